The van der Waals surface area contributed by atoms with Crippen LogP contribution in [-0.4, -0.2) is 35.5 Å². The van der Waals surface area contributed by atoms with Gasteiger partial charge in [-0.15, -0.1) is 0 Å². The monoisotopic (exact) mass is 469 g/mol. The van der Waals surface area contributed by atoms with Crippen molar-refractivity contribution in [3.63, 3.8) is 0 Å². The molecule has 1 amide bonds. The summed E-state index contributed by atoms with van der Waals surface area (Å²) in [5, 5.41) is 26.6. The fraction of sp³-hybridized carbons (Fsp3) is 0.238. The average Bonchev–Trinajstić information content (AvgIpc) is 3.42. The predicted molar refractivity (Wildman–Crippen MR) is 119 cm³/mol. The van der Waals surface area contributed by atoms with Gasteiger partial charge in [0, 0.05) is 16.8 Å². The second kappa shape index (κ2) is 8.87. The number of anilines is 1. The smallest absolute Gasteiger partial charge is 0.361 e. The molecule has 0 saturated heterocycles. The summed E-state index contributed by atoms with van der Waals surface area (Å²) in [5.41, 5.74) is 2.84. The molecule has 0 radical (unpaired) electrons. The van der Waals surface area contributed by atoms with E-state index in [4.69, 9.17) is 16.1 Å². The van der Waals surface area contributed by atoms with E-state index in [1.807, 2.05) is 31.2 Å². The third-order valence-corrected chi connectivity index (χ3v) is 5.53. The van der Waals surface area contributed by atoms with Gasteiger partial charge in [0.05, 0.1) is 35.5 Å². The van der Waals surface area contributed by atoms with Gasteiger partial charge in [0.15, 0.2) is 11.5 Å². The van der Waals surface area contributed by atoms with Gasteiger partial charge in [-0.1, -0.05) is 35.0 Å². The highest BCUT2D eigenvalue weighted by atomic mass is 35.5. The fourth-order valence-electron chi connectivity index (χ4n) is 3.34. The summed E-state index contributed by atoms with van der Waals surface area (Å²) in [5.74, 6) is -0.0177. The summed E-state index contributed by atoms with van der Waals surface area (Å²) in [6.07, 6.45) is 0. The van der Waals surface area contributed by atoms with Crippen molar-refractivity contribution in [2.75, 3.05) is 5.32 Å². The highest BCUT2D eigenvalue weighted by Gasteiger charge is 2.24. The normalized spacial score (nSPS) is 11.0. The lowest BCUT2D eigenvalue weighted by Gasteiger charge is -2.06. The van der Waals surface area contributed by atoms with Crippen LogP contribution in [0.15, 0.2) is 40.9 Å². The first kappa shape index (κ1) is 22.2. The Hall–Kier alpha value is -3.99. The van der Waals surface area contributed by atoms with Crippen molar-refractivity contribution in [3.05, 3.63) is 85.5 Å². The Morgan fingerprint density at radius 3 is 2.52 bits per heavy atom. The van der Waals surface area contributed by atoms with E-state index in [-0.39, 0.29) is 18.1 Å². The molecule has 0 spiro atoms. The zero-order chi connectivity index (χ0) is 23.7. The van der Waals surface area contributed by atoms with Crippen LogP contribution in [-0.2, 0) is 13.1 Å². The molecule has 1 aromatic carbocycles. The highest BCUT2D eigenvalue weighted by Crippen LogP contribution is 2.21. The van der Waals surface area contributed by atoms with E-state index in [9.17, 15) is 14.9 Å². The van der Waals surface area contributed by atoms with Crippen LogP contribution >= 0.6 is 11.6 Å². The van der Waals surface area contributed by atoms with Crippen LogP contribution in [0.5, 0.6) is 0 Å². The number of nitrogens with zero attached hydrogens (tertiary/aromatic N) is 6. The molecule has 11 nitrogen and oxygen atoms in total. The Morgan fingerprint density at radius 1 is 1.12 bits per heavy atom. The Balaban J connectivity index is 1.53. The minimum absolute atomic E-state index is 0.0587. The molecule has 0 aliphatic heterocycles. The van der Waals surface area contributed by atoms with E-state index in [1.54, 1.807) is 24.6 Å². The third kappa shape index (κ3) is 4.62. The van der Waals surface area contributed by atoms with Gasteiger partial charge in [0.2, 0.25) is 0 Å². The number of carbonyl (C=O) groups excluding carboxylic acids is 1. The molecular weight excluding hydrogens is 450 g/mol. The molecule has 0 atom stereocenters. The van der Waals surface area contributed by atoms with Gasteiger partial charge in [-0.25, -0.2) is 0 Å². The van der Waals surface area contributed by atoms with Crippen LogP contribution in [0.4, 0.5) is 11.6 Å². The van der Waals surface area contributed by atoms with E-state index in [2.05, 4.69) is 20.7 Å². The SMILES string of the molecule is Cc1onc(C(=O)Nc2cc(C)n(Cc3ccccc3Cl)n2)c1Cn1nc([N+](=O)[O-])cc1C. The standard InChI is InChI=1S/C21H20ClN7O4/c1-12-8-18(24-27(12)10-15-6-4-5-7-17(15)22)23-21(30)20-16(14(3)33-26-20)11-28-13(2)9-19(25-28)29(31)32/h4-9H,10-11H2,1-3H3,(H,23,24,30). The van der Waals surface area contributed by atoms with Gasteiger partial charge in [0.1, 0.15) is 5.76 Å². The molecule has 0 saturated carbocycles. The van der Waals surface area contributed by atoms with Crippen molar-refractivity contribution in [3.8, 4) is 0 Å². The minimum atomic E-state index is -0.571. The Bertz CT molecular complexity index is 1350. The van der Waals surface area contributed by atoms with Crippen LogP contribution < -0.4 is 5.32 Å². The molecule has 12 heteroatoms. The van der Waals surface area contributed by atoms with Gasteiger partial charge in [-0.2, -0.15) is 9.78 Å². The molecule has 0 unspecified atom stereocenters. The topological polar surface area (TPSA) is 134 Å². The summed E-state index contributed by atoms with van der Waals surface area (Å²) in [6, 6.07) is 10.6. The van der Waals surface area contributed by atoms with E-state index >= 15 is 0 Å². The molecule has 0 aliphatic rings. The summed E-state index contributed by atoms with van der Waals surface area (Å²) >= 11 is 6.24. The van der Waals surface area contributed by atoms with E-state index in [0.29, 0.717) is 34.4 Å². The summed E-state index contributed by atoms with van der Waals surface area (Å²) < 4.78 is 8.38. The maximum atomic E-state index is 12.9. The number of carbonyl (C=O) groups is 1. The molecule has 33 heavy (non-hydrogen) atoms. The molecule has 3 heterocycles. The molecule has 3 aromatic heterocycles. The van der Waals surface area contributed by atoms with Gasteiger partial charge in [-0.3, -0.25) is 9.48 Å². The Kier molecular flexibility index (Phi) is 5.97. The third-order valence-electron chi connectivity index (χ3n) is 5.16. The predicted octanol–water partition coefficient (Wildman–Crippen LogP) is 3.90. The number of aromatic nitrogens is 5. The van der Waals surface area contributed by atoms with Crippen LogP contribution in [0.2, 0.25) is 5.02 Å². The molecule has 1 N–H and O–H groups in total. The zero-order valence-corrected chi connectivity index (χ0v) is 18.8. The van der Waals surface area contributed by atoms with Gasteiger partial charge in [0.25, 0.3) is 5.91 Å². The summed E-state index contributed by atoms with van der Waals surface area (Å²) in [4.78, 5) is 23.4. The van der Waals surface area contributed by atoms with Crippen LogP contribution in [0.3, 0.4) is 0 Å². The lowest BCUT2D eigenvalue weighted by Crippen LogP contribution is -2.17. The number of nitrogens with one attached hydrogen (secondary N) is 1. The van der Waals surface area contributed by atoms with E-state index in [0.717, 1.165) is 11.3 Å². The molecule has 4 rings (SSSR count). The lowest BCUT2D eigenvalue weighted by molar-refractivity contribution is -0.389. The minimum Gasteiger partial charge on any atom is -0.361 e. The van der Waals surface area contributed by atoms with Crippen molar-refractivity contribution in [1.29, 1.82) is 0 Å². The zero-order valence-electron chi connectivity index (χ0n) is 18.1. The van der Waals surface area contributed by atoms with Gasteiger partial charge < -0.3 is 20.0 Å². The molecule has 4 aromatic rings. The summed E-state index contributed by atoms with van der Waals surface area (Å²) in [6.45, 7) is 5.77. The van der Waals surface area contributed by atoms with Crippen molar-refractivity contribution in [2.24, 2.45) is 0 Å². The number of halogens is 1. The van der Waals surface area contributed by atoms with Crippen molar-refractivity contribution >= 4 is 29.1 Å². The van der Waals surface area contributed by atoms with Crippen molar-refractivity contribution < 1.29 is 14.2 Å². The van der Waals surface area contributed by atoms with Gasteiger partial charge >= 0.3 is 5.82 Å². The first-order chi connectivity index (χ1) is 15.7. The number of nitro groups is 1. The molecule has 170 valence electrons. The van der Waals surface area contributed by atoms with Crippen LogP contribution in [0.25, 0.3) is 0 Å². The fourth-order valence-corrected chi connectivity index (χ4v) is 3.54. The quantitative estimate of drug-likeness (QED) is 0.320. The van der Waals surface area contributed by atoms with Crippen molar-refractivity contribution in [1.82, 2.24) is 24.7 Å². The molecule has 0 aliphatic carbocycles. The van der Waals surface area contributed by atoms with E-state index in [1.165, 1.54) is 10.7 Å². The molecular formula is C21H20ClN7O4. The highest BCUT2D eigenvalue weighted by molar-refractivity contribution is 6.31. The number of hydrogen-bond donors (Lipinski definition) is 1. The summed E-state index contributed by atoms with van der Waals surface area (Å²) in [7, 11) is 0. The largest absolute Gasteiger partial charge is 0.390 e. The Morgan fingerprint density at radius 2 is 1.82 bits per heavy atom. The maximum Gasteiger partial charge on any atom is 0.390 e. The number of benzene rings is 1. The number of aryl methyl sites for hydroxylation is 3. The number of hydrogen-bond acceptors (Lipinski definition) is 7. The second-order valence-corrected chi connectivity index (χ2v) is 7.91. The van der Waals surface area contributed by atoms with Gasteiger partial charge in [-0.05, 0) is 37.3 Å². The van der Waals surface area contributed by atoms with Crippen LogP contribution in [0, 0.1) is 30.9 Å². The molecule has 0 bridgehead atoms. The van der Waals surface area contributed by atoms with Crippen molar-refractivity contribution in [2.45, 2.75) is 33.9 Å². The Labute approximate surface area is 193 Å². The first-order valence-corrected chi connectivity index (χ1v) is 10.3. The number of amides is 1. The maximum absolute atomic E-state index is 12.9. The second-order valence-electron chi connectivity index (χ2n) is 7.50. The van der Waals surface area contributed by atoms with E-state index < -0.39 is 10.8 Å². The number of rotatable bonds is 7. The first-order valence-electron chi connectivity index (χ1n) is 9.96. The molecule has 0 fully saturated rings. The van der Waals surface area contributed by atoms with Crippen LogP contribution in [0.1, 0.15) is 38.8 Å². The average molecular weight is 470 g/mol. The lowest BCUT2D eigenvalue weighted by atomic mass is 10.2.